The fourth-order valence-corrected chi connectivity index (χ4v) is 3.84. The molecule has 1 aliphatic heterocycles. The van der Waals surface area contributed by atoms with Gasteiger partial charge < -0.3 is 10.6 Å². The highest BCUT2D eigenvalue weighted by atomic mass is 16.2. The summed E-state index contributed by atoms with van der Waals surface area (Å²) in [7, 11) is 5.71. The number of fused-ring (bicyclic) bond motifs is 1. The van der Waals surface area contributed by atoms with Crippen LogP contribution in [0.15, 0.2) is 65.1 Å². The van der Waals surface area contributed by atoms with Crippen molar-refractivity contribution < 1.29 is 4.79 Å². The summed E-state index contributed by atoms with van der Waals surface area (Å²) in [6.45, 7) is 9.44. The van der Waals surface area contributed by atoms with E-state index < -0.39 is 0 Å². The predicted octanol–water partition coefficient (Wildman–Crippen LogP) is 5.00. The molecule has 158 valence electrons. The summed E-state index contributed by atoms with van der Waals surface area (Å²) in [6.07, 6.45) is 4.84. The maximum absolute atomic E-state index is 13.1. The number of allylic oxidation sites excluding steroid dienone is 1. The Morgan fingerprint density at radius 3 is 2.35 bits per heavy atom. The van der Waals surface area contributed by atoms with Gasteiger partial charge in [-0.2, -0.15) is 0 Å². The summed E-state index contributed by atoms with van der Waals surface area (Å²) in [6, 6.07) is 14.4. The lowest BCUT2D eigenvalue weighted by Crippen LogP contribution is -2.34. The van der Waals surface area contributed by atoms with Gasteiger partial charge in [0.1, 0.15) is 13.7 Å². The van der Waals surface area contributed by atoms with E-state index in [9.17, 15) is 4.79 Å². The molecule has 0 bridgehead atoms. The molecule has 0 fully saturated rings. The molecule has 0 aliphatic carbocycles. The number of amides is 1. The Bertz CT molecular complexity index is 1020. The molecule has 1 amide bonds. The Balaban J connectivity index is 1.91. The summed E-state index contributed by atoms with van der Waals surface area (Å²) < 4.78 is 0. The molecule has 1 heterocycles. The van der Waals surface area contributed by atoms with E-state index in [1.807, 2.05) is 23.1 Å². The van der Waals surface area contributed by atoms with E-state index in [1.54, 1.807) is 0 Å². The van der Waals surface area contributed by atoms with E-state index >= 15 is 0 Å². The first kappa shape index (κ1) is 22.6. The van der Waals surface area contributed by atoms with E-state index in [1.165, 1.54) is 0 Å². The van der Waals surface area contributed by atoms with E-state index in [4.69, 9.17) is 13.6 Å². The molecule has 31 heavy (non-hydrogen) atoms. The third-order valence-corrected chi connectivity index (χ3v) is 5.26. The number of aliphatic imine (C=N–C) groups is 1. The summed E-state index contributed by atoms with van der Waals surface area (Å²) in [5, 5.41) is 0. The Morgan fingerprint density at radius 2 is 1.74 bits per heavy atom. The van der Waals surface area contributed by atoms with Crippen molar-refractivity contribution in [2.24, 2.45) is 10.7 Å². The molecule has 0 saturated heterocycles. The Morgan fingerprint density at radius 1 is 1.10 bits per heavy atom. The van der Waals surface area contributed by atoms with Crippen molar-refractivity contribution in [3.05, 3.63) is 71.2 Å². The highest BCUT2D eigenvalue weighted by Gasteiger charge is 2.21. The molecule has 0 aromatic heterocycles. The number of carbonyl (C=O) groups is 1. The smallest absolute Gasteiger partial charge is 0.250 e. The highest BCUT2D eigenvalue weighted by Crippen LogP contribution is 2.32. The van der Waals surface area contributed by atoms with Crippen LogP contribution in [0.25, 0.3) is 17.2 Å². The first-order valence-corrected chi connectivity index (χ1v) is 10.9. The molecule has 0 atom stereocenters. The van der Waals surface area contributed by atoms with Crippen LogP contribution in [0.2, 0.25) is 0 Å². The van der Waals surface area contributed by atoms with E-state index in [2.05, 4.69) is 55.8 Å². The molecular weight excluding hydrogens is 381 g/mol. The van der Waals surface area contributed by atoms with Crippen LogP contribution in [-0.4, -0.2) is 37.6 Å². The zero-order valence-electron chi connectivity index (χ0n) is 18.5. The van der Waals surface area contributed by atoms with Gasteiger partial charge in [0.05, 0.1) is 5.69 Å². The van der Waals surface area contributed by atoms with Gasteiger partial charge in [0, 0.05) is 30.6 Å². The molecule has 1 aliphatic rings. The maximum Gasteiger partial charge on any atom is 0.250 e. The van der Waals surface area contributed by atoms with Crippen LogP contribution < -0.4 is 5.73 Å². The van der Waals surface area contributed by atoms with Crippen LogP contribution in [0.3, 0.4) is 0 Å². The monoisotopic (exact) mass is 411 g/mol. The standard InChI is InChI=1S/C26H30BN3O/c1-4-12-30(13-5-2)26(31)23-15-22-11-10-21(16-24(22)29-25(28)17-23)20-8-6-19(7-9-20)14-18(3)27/h6-11,15-16H,3-5,12-14,17H2,1-2H3,(H2,28,29). The van der Waals surface area contributed by atoms with Crippen molar-refractivity contribution in [3.8, 4) is 11.1 Å². The third kappa shape index (κ3) is 5.75. The maximum atomic E-state index is 13.1. The molecule has 0 unspecified atom stereocenters. The van der Waals surface area contributed by atoms with E-state index in [0.29, 0.717) is 29.7 Å². The fraction of sp³-hybridized carbons (Fsp3) is 0.308. The molecule has 3 rings (SSSR count). The van der Waals surface area contributed by atoms with Gasteiger partial charge in [-0.25, -0.2) is 4.99 Å². The van der Waals surface area contributed by atoms with Gasteiger partial charge in [0.25, 0.3) is 0 Å². The zero-order chi connectivity index (χ0) is 22.4. The Labute approximate surface area is 187 Å². The van der Waals surface area contributed by atoms with E-state index in [-0.39, 0.29) is 5.91 Å². The van der Waals surface area contributed by atoms with Crippen molar-refractivity contribution >= 4 is 31.4 Å². The molecule has 4 nitrogen and oxygen atoms in total. The number of amidine groups is 1. The highest BCUT2D eigenvalue weighted by molar-refractivity contribution is 6.21. The normalized spacial score (nSPS) is 13.0. The number of nitrogens with zero attached hydrogens (tertiary/aromatic N) is 2. The van der Waals surface area contributed by atoms with Crippen LogP contribution in [-0.2, 0) is 11.2 Å². The fourth-order valence-electron chi connectivity index (χ4n) is 3.84. The summed E-state index contributed by atoms with van der Waals surface area (Å²) >= 11 is 0. The molecule has 2 N–H and O–H groups in total. The van der Waals surface area contributed by atoms with Gasteiger partial charge >= 0.3 is 0 Å². The average molecular weight is 411 g/mol. The van der Waals surface area contributed by atoms with Crippen LogP contribution in [0.4, 0.5) is 5.69 Å². The molecule has 2 radical (unpaired) electrons. The summed E-state index contributed by atoms with van der Waals surface area (Å²) in [5.74, 6) is 0.510. The van der Waals surface area contributed by atoms with Gasteiger partial charge in [-0.3, -0.25) is 4.79 Å². The number of carbonyl (C=O) groups excluding carboxylic acids is 1. The lowest BCUT2D eigenvalue weighted by Gasteiger charge is -2.22. The second-order valence-corrected chi connectivity index (χ2v) is 8.05. The Kier molecular flexibility index (Phi) is 7.51. The largest absolute Gasteiger partial charge is 0.387 e. The van der Waals surface area contributed by atoms with Gasteiger partial charge in [0.2, 0.25) is 5.91 Å². The van der Waals surface area contributed by atoms with Crippen molar-refractivity contribution in [2.75, 3.05) is 13.1 Å². The zero-order valence-corrected chi connectivity index (χ0v) is 18.5. The van der Waals surface area contributed by atoms with Crippen molar-refractivity contribution in [3.63, 3.8) is 0 Å². The molecule has 0 saturated carbocycles. The number of nitrogens with two attached hydrogens (primary N) is 1. The van der Waals surface area contributed by atoms with Gasteiger partial charge in [0.15, 0.2) is 0 Å². The van der Waals surface area contributed by atoms with Crippen molar-refractivity contribution in [2.45, 2.75) is 39.5 Å². The number of benzene rings is 2. The van der Waals surface area contributed by atoms with Gasteiger partial charge in [-0.05, 0) is 48.1 Å². The van der Waals surface area contributed by atoms with Gasteiger partial charge in [-0.15, -0.1) is 12.1 Å². The summed E-state index contributed by atoms with van der Waals surface area (Å²) in [4.78, 5) is 19.6. The summed E-state index contributed by atoms with van der Waals surface area (Å²) in [5.41, 5.74) is 12.5. The van der Waals surface area contributed by atoms with Gasteiger partial charge in [-0.1, -0.05) is 50.2 Å². The molecule has 2 aromatic rings. The first-order valence-electron chi connectivity index (χ1n) is 10.9. The van der Waals surface area contributed by atoms with Crippen LogP contribution >= 0.6 is 0 Å². The lowest BCUT2D eigenvalue weighted by atomic mass is 9.90. The minimum absolute atomic E-state index is 0.0517. The quantitative estimate of drug-likeness (QED) is 0.622. The van der Waals surface area contributed by atoms with Crippen molar-refractivity contribution in [1.29, 1.82) is 0 Å². The minimum atomic E-state index is 0.0517. The second kappa shape index (κ2) is 10.3. The van der Waals surface area contributed by atoms with Crippen LogP contribution in [0.1, 0.15) is 44.2 Å². The minimum Gasteiger partial charge on any atom is -0.387 e. The molecule has 0 spiro atoms. The van der Waals surface area contributed by atoms with E-state index in [0.717, 1.165) is 53.9 Å². The molecular formula is C26H30BN3O. The molecule has 5 heteroatoms. The topological polar surface area (TPSA) is 58.7 Å². The number of rotatable bonds is 8. The number of hydrogen-bond donors (Lipinski definition) is 1. The lowest BCUT2D eigenvalue weighted by molar-refractivity contribution is -0.127. The predicted molar refractivity (Wildman–Crippen MR) is 132 cm³/mol. The third-order valence-electron chi connectivity index (χ3n) is 5.26. The first-order chi connectivity index (χ1) is 14.9. The Hall–Kier alpha value is -3.08. The average Bonchev–Trinajstić information content (AvgIpc) is 2.90. The van der Waals surface area contributed by atoms with Crippen LogP contribution in [0.5, 0.6) is 0 Å². The number of hydrogen-bond acceptors (Lipinski definition) is 3. The SMILES string of the molecule is [B]C(=C)Cc1ccc(-c2ccc3c(c2)N=C(N)CC(C(=O)N(CCC)CCC)=C3)cc1. The molecule has 2 aromatic carbocycles. The van der Waals surface area contributed by atoms with Crippen LogP contribution in [0, 0.1) is 0 Å². The van der Waals surface area contributed by atoms with Crippen molar-refractivity contribution in [1.82, 2.24) is 4.90 Å². The second-order valence-electron chi connectivity index (χ2n) is 8.05.